The zero-order chi connectivity index (χ0) is 14.7. The molecule has 0 spiro atoms. The van der Waals surface area contributed by atoms with Crippen LogP contribution in [0.3, 0.4) is 0 Å². The van der Waals surface area contributed by atoms with Gasteiger partial charge in [0.15, 0.2) is 0 Å². The summed E-state index contributed by atoms with van der Waals surface area (Å²) in [6.07, 6.45) is 2.30. The molecule has 1 unspecified atom stereocenters. The van der Waals surface area contributed by atoms with Gasteiger partial charge in [-0.2, -0.15) is 5.10 Å². The van der Waals surface area contributed by atoms with Crippen molar-refractivity contribution in [2.75, 3.05) is 11.9 Å². The zero-order valence-corrected chi connectivity index (χ0v) is 12.5. The molecule has 2 aromatic heterocycles. The van der Waals surface area contributed by atoms with E-state index in [1.54, 1.807) is 24.6 Å². The Bertz CT molecular complexity index is 593. The number of aryl methyl sites for hydroxylation is 2. The van der Waals surface area contributed by atoms with Gasteiger partial charge in [0, 0.05) is 31.1 Å². The topological polar surface area (TPSA) is 85.9 Å². The van der Waals surface area contributed by atoms with Crippen LogP contribution in [-0.4, -0.2) is 26.2 Å². The molecule has 1 N–H and O–H groups in total. The van der Waals surface area contributed by atoms with Crippen LogP contribution in [0.1, 0.15) is 30.5 Å². The molecule has 0 radical (unpaired) electrons. The number of hydrogen-bond acceptors (Lipinski definition) is 6. The van der Waals surface area contributed by atoms with E-state index in [0.29, 0.717) is 24.5 Å². The largest absolute Gasteiger partial charge is 0.364 e. The average Bonchev–Trinajstić information content (AvgIpc) is 3.03. The van der Waals surface area contributed by atoms with Crippen LogP contribution < -0.4 is 5.32 Å². The van der Waals surface area contributed by atoms with Gasteiger partial charge in [0.1, 0.15) is 5.69 Å². The van der Waals surface area contributed by atoms with Crippen molar-refractivity contribution in [3.8, 4) is 0 Å². The Kier molecular flexibility index (Phi) is 4.33. The normalized spacial score (nSPS) is 12.3. The van der Waals surface area contributed by atoms with Crippen molar-refractivity contribution in [2.45, 2.75) is 26.2 Å². The highest BCUT2D eigenvalue weighted by atomic mass is 32.1. The maximum absolute atomic E-state index is 11.2. The predicted molar refractivity (Wildman–Crippen MR) is 78.3 cm³/mol. The van der Waals surface area contributed by atoms with Crippen LogP contribution in [0, 0.1) is 10.1 Å². The molecule has 20 heavy (non-hydrogen) atoms. The number of anilines is 1. The Balaban J connectivity index is 2.17. The fraction of sp³-hybridized carbons (Fsp3) is 0.500. The van der Waals surface area contributed by atoms with Crippen LogP contribution in [0.4, 0.5) is 11.5 Å². The molecule has 108 valence electrons. The second-order valence-electron chi connectivity index (χ2n) is 4.53. The number of nitrogens with zero attached hydrogens (tertiary/aromatic N) is 4. The summed E-state index contributed by atoms with van der Waals surface area (Å²) in [4.78, 5) is 15.1. The number of rotatable bonds is 6. The fourth-order valence-corrected chi connectivity index (χ4v) is 2.71. The average molecular weight is 295 g/mol. The molecular formula is C12H17N5O2S. The van der Waals surface area contributed by atoms with Crippen molar-refractivity contribution in [1.29, 1.82) is 0 Å². The molecule has 1 atom stereocenters. The summed E-state index contributed by atoms with van der Waals surface area (Å²) in [5, 5.41) is 21.4. The molecule has 0 aliphatic carbocycles. The third kappa shape index (κ3) is 2.79. The summed E-state index contributed by atoms with van der Waals surface area (Å²) in [7, 11) is 1.71. The van der Waals surface area contributed by atoms with Crippen LogP contribution in [-0.2, 0) is 13.5 Å². The van der Waals surface area contributed by atoms with Crippen LogP contribution in [0.5, 0.6) is 0 Å². The molecule has 0 aliphatic heterocycles. The van der Waals surface area contributed by atoms with Gasteiger partial charge in [0.2, 0.25) is 5.82 Å². The molecule has 7 nitrogen and oxygen atoms in total. The van der Waals surface area contributed by atoms with Gasteiger partial charge in [0.05, 0.1) is 9.93 Å². The van der Waals surface area contributed by atoms with Crippen molar-refractivity contribution in [1.82, 2.24) is 14.8 Å². The number of thiazole rings is 1. The molecule has 2 aromatic rings. The van der Waals surface area contributed by atoms with E-state index in [9.17, 15) is 10.1 Å². The number of nitrogens with one attached hydrogen (secondary N) is 1. The highest BCUT2D eigenvalue weighted by Gasteiger charge is 2.25. The Morgan fingerprint density at radius 2 is 2.35 bits per heavy atom. The smallest absolute Gasteiger partial charge is 0.333 e. The second kappa shape index (κ2) is 6.00. The zero-order valence-electron chi connectivity index (χ0n) is 11.7. The lowest BCUT2D eigenvalue weighted by Gasteiger charge is -2.10. The van der Waals surface area contributed by atoms with E-state index in [1.165, 1.54) is 4.68 Å². The van der Waals surface area contributed by atoms with Crippen molar-refractivity contribution >= 4 is 22.8 Å². The molecule has 0 aliphatic rings. The first-order valence-electron chi connectivity index (χ1n) is 6.38. The van der Waals surface area contributed by atoms with Gasteiger partial charge in [-0.25, -0.2) is 9.67 Å². The minimum absolute atomic E-state index is 0.0707. The Hall–Kier alpha value is -1.96. The van der Waals surface area contributed by atoms with Gasteiger partial charge >= 0.3 is 5.69 Å². The first kappa shape index (κ1) is 14.4. The SMILES string of the molecule is CCc1nn(C)c(NCC(C)c2nccs2)c1[N+](=O)[O-]. The fourth-order valence-electron chi connectivity index (χ4n) is 2.01. The molecule has 2 rings (SSSR count). The monoisotopic (exact) mass is 295 g/mol. The van der Waals surface area contributed by atoms with Gasteiger partial charge in [-0.1, -0.05) is 13.8 Å². The third-order valence-corrected chi connectivity index (χ3v) is 4.07. The lowest BCUT2D eigenvalue weighted by molar-refractivity contribution is -0.384. The maximum atomic E-state index is 11.2. The minimum atomic E-state index is -0.373. The molecule has 8 heteroatoms. The molecule has 0 amide bonds. The molecule has 0 saturated heterocycles. The van der Waals surface area contributed by atoms with E-state index in [2.05, 4.69) is 15.4 Å². The summed E-state index contributed by atoms with van der Waals surface area (Å²) >= 11 is 1.58. The summed E-state index contributed by atoms with van der Waals surface area (Å²) in [5.41, 5.74) is 0.572. The summed E-state index contributed by atoms with van der Waals surface area (Å²) in [6, 6.07) is 0. The van der Waals surface area contributed by atoms with Crippen molar-refractivity contribution in [3.63, 3.8) is 0 Å². The van der Waals surface area contributed by atoms with Gasteiger partial charge < -0.3 is 5.32 Å². The predicted octanol–water partition coefficient (Wildman–Crippen LogP) is 2.56. The molecular weight excluding hydrogens is 278 g/mol. The van der Waals surface area contributed by atoms with Gasteiger partial charge in [-0.3, -0.25) is 10.1 Å². The summed E-state index contributed by atoms with van der Waals surface area (Å²) < 4.78 is 1.53. The summed E-state index contributed by atoms with van der Waals surface area (Å²) in [5.74, 6) is 0.643. The van der Waals surface area contributed by atoms with Gasteiger partial charge in [-0.05, 0) is 6.42 Å². The maximum Gasteiger partial charge on any atom is 0.333 e. The Labute approximate surface area is 120 Å². The number of nitro groups is 1. The van der Waals surface area contributed by atoms with E-state index in [-0.39, 0.29) is 16.5 Å². The number of aromatic nitrogens is 3. The lowest BCUT2D eigenvalue weighted by atomic mass is 10.2. The van der Waals surface area contributed by atoms with E-state index >= 15 is 0 Å². The van der Waals surface area contributed by atoms with E-state index in [0.717, 1.165) is 5.01 Å². The van der Waals surface area contributed by atoms with Crippen molar-refractivity contribution in [3.05, 3.63) is 32.4 Å². The van der Waals surface area contributed by atoms with Crippen LogP contribution in [0.25, 0.3) is 0 Å². The molecule has 2 heterocycles. The highest BCUT2D eigenvalue weighted by Crippen LogP contribution is 2.29. The lowest BCUT2D eigenvalue weighted by Crippen LogP contribution is -2.13. The molecule has 0 saturated carbocycles. The first-order chi connectivity index (χ1) is 9.54. The highest BCUT2D eigenvalue weighted by molar-refractivity contribution is 7.09. The standard InChI is InChI=1S/C12H17N5O2S/c1-4-9-10(17(18)19)11(16(3)15-9)14-7-8(2)12-13-5-6-20-12/h5-6,8,14H,4,7H2,1-3H3. The number of hydrogen-bond donors (Lipinski definition) is 1. The quantitative estimate of drug-likeness (QED) is 0.654. The second-order valence-corrected chi connectivity index (χ2v) is 5.46. The van der Waals surface area contributed by atoms with E-state index in [4.69, 9.17) is 0 Å². The minimum Gasteiger partial charge on any atom is -0.364 e. The third-order valence-electron chi connectivity index (χ3n) is 3.06. The van der Waals surface area contributed by atoms with Gasteiger partial charge in [-0.15, -0.1) is 11.3 Å². The first-order valence-corrected chi connectivity index (χ1v) is 7.26. The van der Waals surface area contributed by atoms with Crippen LogP contribution >= 0.6 is 11.3 Å². The Morgan fingerprint density at radius 3 is 2.90 bits per heavy atom. The molecule has 0 bridgehead atoms. The Morgan fingerprint density at radius 1 is 1.60 bits per heavy atom. The van der Waals surface area contributed by atoms with Gasteiger partial charge in [0.25, 0.3) is 0 Å². The van der Waals surface area contributed by atoms with E-state index in [1.807, 2.05) is 19.2 Å². The molecule has 0 fully saturated rings. The van der Waals surface area contributed by atoms with Crippen LogP contribution in [0.15, 0.2) is 11.6 Å². The molecule has 0 aromatic carbocycles. The van der Waals surface area contributed by atoms with Crippen molar-refractivity contribution < 1.29 is 4.92 Å². The van der Waals surface area contributed by atoms with E-state index < -0.39 is 0 Å². The van der Waals surface area contributed by atoms with Crippen molar-refractivity contribution in [2.24, 2.45) is 7.05 Å². The summed E-state index contributed by atoms with van der Waals surface area (Å²) in [6.45, 7) is 4.48. The van der Waals surface area contributed by atoms with Crippen LogP contribution in [0.2, 0.25) is 0 Å².